The van der Waals surface area contributed by atoms with E-state index in [9.17, 15) is 5.11 Å². The number of benzene rings is 1. The lowest BCUT2D eigenvalue weighted by molar-refractivity contribution is 0.131. The molecule has 1 aliphatic rings. The van der Waals surface area contributed by atoms with Gasteiger partial charge in [-0.2, -0.15) is 0 Å². The maximum Gasteiger partial charge on any atom is 0.125 e. The van der Waals surface area contributed by atoms with E-state index in [1.807, 2.05) is 18.2 Å². The van der Waals surface area contributed by atoms with E-state index in [0.717, 1.165) is 43.0 Å². The Hall–Kier alpha value is -1.26. The minimum atomic E-state index is -0.0450. The minimum Gasteiger partial charge on any atom is -0.497 e. The molecule has 2 rings (SSSR count). The Morgan fingerprint density at radius 1 is 1.32 bits per heavy atom. The SMILES string of the molecule is COc1ccc(CC2(CO)CCN(C)C2)c(OC)c1. The summed E-state index contributed by atoms with van der Waals surface area (Å²) >= 11 is 0. The predicted octanol–water partition coefficient (Wildman–Crippen LogP) is 1.56. The second-order valence-corrected chi connectivity index (χ2v) is 5.50. The first-order valence-electron chi connectivity index (χ1n) is 6.63. The third kappa shape index (κ3) is 3.01. The summed E-state index contributed by atoms with van der Waals surface area (Å²) in [5, 5.41) is 9.77. The smallest absolute Gasteiger partial charge is 0.125 e. The Balaban J connectivity index is 2.22. The number of aliphatic hydroxyl groups is 1. The van der Waals surface area contributed by atoms with Gasteiger partial charge in [0.2, 0.25) is 0 Å². The fraction of sp³-hybridized carbons (Fsp3) is 0.600. The van der Waals surface area contributed by atoms with Gasteiger partial charge in [-0.15, -0.1) is 0 Å². The lowest BCUT2D eigenvalue weighted by Gasteiger charge is -2.27. The van der Waals surface area contributed by atoms with E-state index in [1.54, 1.807) is 14.2 Å². The van der Waals surface area contributed by atoms with Crippen molar-refractivity contribution >= 4 is 0 Å². The number of hydrogen-bond donors (Lipinski definition) is 1. The van der Waals surface area contributed by atoms with E-state index in [0.29, 0.717) is 0 Å². The lowest BCUT2D eigenvalue weighted by atomic mass is 9.81. The molecule has 1 aliphatic heterocycles. The molecule has 0 radical (unpaired) electrons. The fourth-order valence-electron chi connectivity index (χ4n) is 2.89. The van der Waals surface area contributed by atoms with Crippen molar-refractivity contribution in [2.45, 2.75) is 12.8 Å². The van der Waals surface area contributed by atoms with Crippen LogP contribution in [-0.2, 0) is 6.42 Å². The summed E-state index contributed by atoms with van der Waals surface area (Å²) in [5.41, 5.74) is 1.09. The van der Waals surface area contributed by atoms with Gasteiger partial charge in [0.15, 0.2) is 0 Å². The molecule has 106 valence electrons. The van der Waals surface area contributed by atoms with Gasteiger partial charge in [-0.1, -0.05) is 6.07 Å². The van der Waals surface area contributed by atoms with E-state index in [2.05, 4.69) is 11.9 Å². The molecule has 4 nitrogen and oxygen atoms in total. The molecule has 0 saturated carbocycles. The van der Waals surface area contributed by atoms with Crippen molar-refractivity contribution in [3.8, 4) is 11.5 Å². The van der Waals surface area contributed by atoms with Crippen LogP contribution in [0.4, 0.5) is 0 Å². The molecule has 1 saturated heterocycles. The summed E-state index contributed by atoms with van der Waals surface area (Å²) in [6, 6.07) is 5.88. The highest BCUT2D eigenvalue weighted by molar-refractivity contribution is 5.41. The van der Waals surface area contributed by atoms with Gasteiger partial charge in [-0.05, 0) is 38.1 Å². The fourth-order valence-corrected chi connectivity index (χ4v) is 2.89. The van der Waals surface area contributed by atoms with Crippen molar-refractivity contribution in [3.63, 3.8) is 0 Å². The Labute approximate surface area is 114 Å². The number of ether oxygens (including phenoxy) is 2. The third-order valence-corrected chi connectivity index (χ3v) is 4.02. The summed E-state index contributed by atoms with van der Waals surface area (Å²) in [6.07, 6.45) is 1.86. The van der Waals surface area contributed by atoms with Gasteiger partial charge >= 0.3 is 0 Å². The van der Waals surface area contributed by atoms with Crippen LogP contribution >= 0.6 is 0 Å². The summed E-state index contributed by atoms with van der Waals surface area (Å²) in [5.74, 6) is 1.63. The molecule has 0 amide bonds. The average Bonchev–Trinajstić information content (AvgIpc) is 2.81. The van der Waals surface area contributed by atoms with Gasteiger partial charge in [0, 0.05) is 18.0 Å². The maximum absolute atomic E-state index is 9.77. The summed E-state index contributed by atoms with van der Waals surface area (Å²) in [6.45, 7) is 2.18. The van der Waals surface area contributed by atoms with Crippen molar-refractivity contribution in [2.75, 3.05) is 41.0 Å². The molecule has 4 heteroatoms. The molecule has 1 N–H and O–H groups in total. The van der Waals surface area contributed by atoms with E-state index in [4.69, 9.17) is 9.47 Å². The highest BCUT2D eigenvalue weighted by atomic mass is 16.5. The van der Waals surface area contributed by atoms with Crippen molar-refractivity contribution < 1.29 is 14.6 Å². The highest BCUT2D eigenvalue weighted by Gasteiger charge is 2.36. The van der Waals surface area contributed by atoms with Crippen LogP contribution in [0, 0.1) is 5.41 Å². The van der Waals surface area contributed by atoms with Crippen molar-refractivity contribution in [1.29, 1.82) is 0 Å². The van der Waals surface area contributed by atoms with Gasteiger partial charge < -0.3 is 19.5 Å². The second-order valence-electron chi connectivity index (χ2n) is 5.50. The van der Waals surface area contributed by atoms with Crippen LogP contribution in [0.3, 0.4) is 0 Å². The average molecular weight is 265 g/mol. The molecule has 1 heterocycles. The standard InChI is InChI=1S/C15H23NO3/c1-16-7-6-15(10-16,11-17)9-12-4-5-13(18-2)8-14(12)19-3/h4-5,8,17H,6-7,9-11H2,1-3H3. The molecule has 0 aromatic heterocycles. The van der Waals surface area contributed by atoms with E-state index in [-0.39, 0.29) is 12.0 Å². The molecule has 1 unspecified atom stereocenters. The summed E-state index contributed by atoms with van der Waals surface area (Å²) < 4.78 is 10.7. The Bertz CT molecular complexity index is 435. The zero-order valence-electron chi connectivity index (χ0n) is 12.0. The quantitative estimate of drug-likeness (QED) is 0.877. The molecule has 0 spiro atoms. The van der Waals surface area contributed by atoms with Crippen LogP contribution in [0.2, 0.25) is 0 Å². The van der Waals surface area contributed by atoms with Crippen LogP contribution in [0.15, 0.2) is 18.2 Å². The molecule has 1 fully saturated rings. The van der Waals surface area contributed by atoms with E-state index in [1.165, 1.54) is 0 Å². The zero-order valence-corrected chi connectivity index (χ0v) is 12.0. The third-order valence-electron chi connectivity index (χ3n) is 4.02. The Morgan fingerprint density at radius 3 is 2.63 bits per heavy atom. The molecule has 1 atom stereocenters. The molecule has 1 aromatic carbocycles. The molecule has 0 bridgehead atoms. The molecule has 1 aromatic rings. The van der Waals surface area contributed by atoms with Crippen LogP contribution in [0.1, 0.15) is 12.0 Å². The van der Waals surface area contributed by atoms with Gasteiger partial charge in [-0.3, -0.25) is 0 Å². The van der Waals surface area contributed by atoms with Crippen LogP contribution in [0.5, 0.6) is 11.5 Å². The number of nitrogens with zero attached hydrogens (tertiary/aromatic N) is 1. The summed E-state index contributed by atoms with van der Waals surface area (Å²) in [7, 11) is 5.42. The first-order chi connectivity index (χ1) is 9.12. The first kappa shape index (κ1) is 14.2. The number of methoxy groups -OCH3 is 2. The van der Waals surface area contributed by atoms with Gasteiger partial charge in [0.05, 0.1) is 20.8 Å². The maximum atomic E-state index is 9.77. The highest BCUT2D eigenvalue weighted by Crippen LogP contribution is 2.36. The minimum absolute atomic E-state index is 0.0450. The first-order valence-corrected chi connectivity index (χ1v) is 6.63. The molecular formula is C15H23NO3. The van der Waals surface area contributed by atoms with Crippen molar-refractivity contribution in [3.05, 3.63) is 23.8 Å². The summed E-state index contributed by atoms with van der Waals surface area (Å²) in [4.78, 5) is 2.27. The van der Waals surface area contributed by atoms with Gasteiger partial charge in [-0.25, -0.2) is 0 Å². The predicted molar refractivity (Wildman–Crippen MR) is 74.9 cm³/mol. The van der Waals surface area contributed by atoms with Crippen LogP contribution in [-0.4, -0.2) is 51.0 Å². The zero-order chi connectivity index (χ0) is 13.9. The van der Waals surface area contributed by atoms with Gasteiger partial charge in [0.1, 0.15) is 11.5 Å². The van der Waals surface area contributed by atoms with E-state index < -0.39 is 0 Å². The monoisotopic (exact) mass is 265 g/mol. The largest absolute Gasteiger partial charge is 0.497 e. The number of likely N-dealkylation sites (tertiary alicyclic amines) is 1. The Kier molecular flexibility index (Phi) is 4.32. The van der Waals surface area contributed by atoms with E-state index >= 15 is 0 Å². The normalized spacial score (nSPS) is 23.6. The molecule has 19 heavy (non-hydrogen) atoms. The van der Waals surface area contributed by atoms with Gasteiger partial charge in [0.25, 0.3) is 0 Å². The molecule has 0 aliphatic carbocycles. The van der Waals surface area contributed by atoms with Crippen molar-refractivity contribution in [2.24, 2.45) is 5.41 Å². The number of aliphatic hydroxyl groups excluding tert-OH is 1. The second kappa shape index (κ2) is 5.80. The molecular weight excluding hydrogens is 242 g/mol. The Morgan fingerprint density at radius 2 is 2.11 bits per heavy atom. The number of rotatable bonds is 5. The number of hydrogen-bond acceptors (Lipinski definition) is 4. The topological polar surface area (TPSA) is 41.9 Å². The van der Waals surface area contributed by atoms with Crippen LogP contribution < -0.4 is 9.47 Å². The van der Waals surface area contributed by atoms with Crippen LogP contribution in [0.25, 0.3) is 0 Å². The lowest BCUT2D eigenvalue weighted by Crippen LogP contribution is -2.31. The van der Waals surface area contributed by atoms with Crippen molar-refractivity contribution in [1.82, 2.24) is 4.90 Å².